The average Bonchev–Trinajstić information content (AvgIpc) is 2.88. The predicted octanol–water partition coefficient (Wildman–Crippen LogP) is 2.69. The number of aromatic amines is 1. The summed E-state index contributed by atoms with van der Waals surface area (Å²) < 4.78 is 0. The fourth-order valence-corrected chi connectivity index (χ4v) is 3.12. The predicted molar refractivity (Wildman–Crippen MR) is 92.0 cm³/mol. The fraction of sp³-hybridized carbons (Fsp3) is 0.556. The summed E-state index contributed by atoms with van der Waals surface area (Å²) in [7, 11) is 0. The van der Waals surface area contributed by atoms with Crippen LogP contribution in [-0.4, -0.2) is 39.4 Å². The van der Waals surface area contributed by atoms with E-state index in [9.17, 15) is 4.79 Å². The normalized spacial score (nSPS) is 17.5. The Bertz CT molecular complexity index is 645. The SMILES string of the molecule is CC(C)(C)NC(=O)C1CCN(Cc2nc3ccccc3[nH]2)CC1. The lowest BCUT2D eigenvalue weighted by atomic mass is 9.94. The van der Waals surface area contributed by atoms with E-state index in [2.05, 4.69) is 26.3 Å². The van der Waals surface area contributed by atoms with Crippen molar-refractivity contribution < 1.29 is 4.79 Å². The molecule has 1 amide bonds. The van der Waals surface area contributed by atoms with E-state index >= 15 is 0 Å². The number of carbonyl (C=O) groups excluding carboxylic acids is 1. The van der Waals surface area contributed by atoms with Gasteiger partial charge in [-0.05, 0) is 58.8 Å². The number of piperidine rings is 1. The monoisotopic (exact) mass is 314 g/mol. The number of para-hydroxylation sites is 2. The Labute approximate surface area is 137 Å². The Morgan fingerprint density at radius 2 is 2.00 bits per heavy atom. The summed E-state index contributed by atoms with van der Waals surface area (Å²) in [5, 5.41) is 3.10. The number of imidazole rings is 1. The molecule has 0 radical (unpaired) electrons. The molecule has 1 aliphatic heterocycles. The van der Waals surface area contributed by atoms with Gasteiger partial charge in [0.2, 0.25) is 5.91 Å². The zero-order valence-corrected chi connectivity index (χ0v) is 14.2. The maximum absolute atomic E-state index is 12.2. The van der Waals surface area contributed by atoms with Crippen molar-refractivity contribution >= 4 is 16.9 Å². The van der Waals surface area contributed by atoms with Crippen LogP contribution in [0.3, 0.4) is 0 Å². The molecule has 1 aliphatic rings. The van der Waals surface area contributed by atoms with Gasteiger partial charge in [0.05, 0.1) is 17.6 Å². The molecule has 0 aliphatic carbocycles. The van der Waals surface area contributed by atoms with Crippen molar-refractivity contribution in [2.75, 3.05) is 13.1 Å². The van der Waals surface area contributed by atoms with Crippen LogP contribution in [0.5, 0.6) is 0 Å². The van der Waals surface area contributed by atoms with Gasteiger partial charge in [-0.25, -0.2) is 4.98 Å². The second-order valence-electron chi connectivity index (χ2n) is 7.49. The summed E-state index contributed by atoms with van der Waals surface area (Å²) in [5.74, 6) is 1.34. The van der Waals surface area contributed by atoms with Gasteiger partial charge < -0.3 is 10.3 Å². The van der Waals surface area contributed by atoms with Gasteiger partial charge in [0.15, 0.2) is 0 Å². The molecule has 1 saturated heterocycles. The molecule has 5 heteroatoms. The standard InChI is InChI=1S/C18H26N4O/c1-18(2,3)21-17(23)13-8-10-22(11-9-13)12-16-19-14-6-4-5-7-15(14)20-16/h4-7,13H,8-12H2,1-3H3,(H,19,20)(H,21,23). The molecule has 0 bridgehead atoms. The maximum atomic E-state index is 12.2. The minimum Gasteiger partial charge on any atom is -0.351 e. The van der Waals surface area contributed by atoms with E-state index in [-0.39, 0.29) is 17.4 Å². The number of fused-ring (bicyclic) bond motifs is 1. The number of hydrogen-bond donors (Lipinski definition) is 2. The largest absolute Gasteiger partial charge is 0.351 e. The molecule has 0 atom stereocenters. The number of likely N-dealkylation sites (tertiary alicyclic amines) is 1. The van der Waals surface area contributed by atoms with Crippen molar-refractivity contribution in [3.8, 4) is 0 Å². The van der Waals surface area contributed by atoms with E-state index in [4.69, 9.17) is 0 Å². The molecule has 1 aromatic carbocycles. The van der Waals surface area contributed by atoms with Crippen molar-refractivity contribution in [1.29, 1.82) is 0 Å². The molecule has 5 nitrogen and oxygen atoms in total. The van der Waals surface area contributed by atoms with Gasteiger partial charge in [0, 0.05) is 11.5 Å². The van der Waals surface area contributed by atoms with E-state index in [1.807, 2.05) is 39.0 Å². The fourth-order valence-electron chi connectivity index (χ4n) is 3.12. The summed E-state index contributed by atoms with van der Waals surface area (Å²) in [5.41, 5.74) is 1.95. The molecule has 0 saturated carbocycles. The summed E-state index contributed by atoms with van der Waals surface area (Å²) in [4.78, 5) is 22.6. The Morgan fingerprint density at radius 1 is 1.30 bits per heavy atom. The molecule has 0 spiro atoms. The topological polar surface area (TPSA) is 61.0 Å². The Kier molecular flexibility index (Phi) is 4.39. The van der Waals surface area contributed by atoms with Crippen molar-refractivity contribution in [2.45, 2.75) is 45.7 Å². The van der Waals surface area contributed by atoms with E-state index in [1.165, 1.54) is 0 Å². The summed E-state index contributed by atoms with van der Waals surface area (Å²) in [6.07, 6.45) is 1.84. The van der Waals surface area contributed by atoms with Crippen molar-refractivity contribution in [3.05, 3.63) is 30.1 Å². The third kappa shape index (κ3) is 4.10. The molecule has 3 rings (SSSR count). The Balaban J connectivity index is 1.54. The van der Waals surface area contributed by atoms with Crippen LogP contribution in [0.2, 0.25) is 0 Å². The minimum atomic E-state index is -0.150. The molecule has 2 N–H and O–H groups in total. The number of carbonyl (C=O) groups is 1. The lowest BCUT2D eigenvalue weighted by Gasteiger charge is -2.32. The van der Waals surface area contributed by atoms with Crippen LogP contribution in [0.15, 0.2) is 24.3 Å². The molecule has 124 valence electrons. The van der Waals surface area contributed by atoms with Crippen molar-refractivity contribution in [1.82, 2.24) is 20.2 Å². The molecule has 2 heterocycles. The van der Waals surface area contributed by atoms with Crippen LogP contribution in [0, 0.1) is 5.92 Å². The highest BCUT2D eigenvalue weighted by Crippen LogP contribution is 2.20. The first-order valence-corrected chi connectivity index (χ1v) is 8.39. The number of aromatic nitrogens is 2. The second kappa shape index (κ2) is 6.32. The Morgan fingerprint density at radius 3 is 2.65 bits per heavy atom. The number of nitrogens with one attached hydrogen (secondary N) is 2. The summed E-state index contributed by atoms with van der Waals surface area (Å²) in [6.45, 7) is 8.80. The van der Waals surface area contributed by atoms with Gasteiger partial charge in [-0.2, -0.15) is 0 Å². The third-order valence-electron chi connectivity index (χ3n) is 4.27. The molecule has 1 fully saturated rings. The van der Waals surface area contributed by atoms with Gasteiger partial charge in [-0.1, -0.05) is 12.1 Å². The second-order valence-corrected chi connectivity index (χ2v) is 7.49. The van der Waals surface area contributed by atoms with Crippen LogP contribution < -0.4 is 5.32 Å². The summed E-state index contributed by atoms with van der Waals surface area (Å²) in [6, 6.07) is 8.10. The zero-order chi connectivity index (χ0) is 16.4. The quantitative estimate of drug-likeness (QED) is 0.915. The molecule has 23 heavy (non-hydrogen) atoms. The third-order valence-corrected chi connectivity index (χ3v) is 4.27. The smallest absolute Gasteiger partial charge is 0.223 e. The highest BCUT2D eigenvalue weighted by molar-refractivity contribution is 5.79. The zero-order valence-electron chi connectivity index (χ0n) is 14.2. The first-order valence-electron chi connectivity index (χ1n) is 8.39. The van der Waals surface area contributed by atoms with Crippen LogP contribution in [0.25, 0.3) is 11.0 Å². The lowest BCUT2D eigenvalue weighted by Crippen LogP contribution is -2.46. The number of rotatable bonds is 3. The molecular weight excluding hydrogens is 288 g/mol. The highest BCUT2D eigenvalue weighted by atomic mass is 16.2. The van der Waals surface area contributed by atoms with E-state index < -0.39 is 0 Å². The van der Waals surface area contributed by atoms with Crippen LogP contribution >= 0.6 is 0 Å². The van der Waals surface area contributed by atoms with Crippen LogP contribution in [0.1, 0.15) is 39.4 Å². The van der Waals surface area contributed by atoms with Gasteiger partial charge in [0.25, 0.3) is 0 Å². The lowest BCUT2D eigenvalue weighted by molar-refractivity contribution is -0.127. The van der Waals surface area contributed by atoms with E-state index in [1.54, 1.807) is 0 Å². The molecule has 0 unspecified atom stereocenters. The molecular formula is C18H26N4O. The van der Waals surface area contributed by atoms with Crippen molar-refractivity contribution in [3.63, 3.8) is 0 Å². The minimum absolute atomic E-state index is 0.140. The highest BCUT2D eigenvalue weighted by Gasteiger charge is 2.27. The number of benzene rings is 1. The first kappa shape index (κ1) is 16.0. The first-order chi connectivity index (χ1) is 10.9. The molecule has 2 aromatic rings. The Hall–Kier alpha value is -1.88. The van der Waals surface area contributed by atoms with Gasteiger partial charge in [-0.3, -0.25) is 9.69 Å². The number of nitrogens with zero attached hydrogens (tertiary/aromatic N) is 2. The van der Waals surface area contributed by atoms with Gasteiger partial charge >= 0.3 is 0 Å². The number of H-pyrrole nitrogens is 1. The van der Waals surface area contributed by atoms with Gasteiger partial charge in [-0.15, -0.1) is 0 Å². The molecule has 1 aromatic heterocycles. The van der Waals surface area contributed by atoms with Crippen molar-refractivity contribution in [2.24, 2.45) is 5.92 Å². The van der Waals surface area contributed by atoms with Crippen LogP contribution in [0.4, 0.5) is 0 Å². The maximum Gasteiger partial charge on any atom is 0.223 e. The number of hydrogen-bond acceptors (Lipinski definition) is 3. The van der Waals surface area contributed by atoms with Gasteiger partial charge in [0.1, 0.15) is 5.82 Å². The summed E-state index contributed by atoms with van der Waals surface area (Å²) >= 11 is 0. The average molecular weight is 314 g/mol. The van der Waals surface area contributed by atoms with E-state index in [0.717, 1.165) is 49.3 Å². The van der Waals surface area contributed by atoms with Crippen LogP contribution in [-0.2, 0) is 11.3 Å². The number of amides is 1. The van der Waals surface area contributed by atoms with E-state index in [0.29, 0.717) is 0 Å².